The molecule has 92 valence electrons. The topological polar surface area (TPSA) is 44.2 Å². The van der Waals surface area contributed by atoms with Gasteiger partial charge in [0.25, 0.3) is 0 Å². The zero-order valence-corrected chi connectivity index (χ0v) is 10.4. The molecular weight excluding hydrogens is 240 g/mol. The van der Waals surface area contributed by atoms with E-state index < -0.39 is 0 Å². The summed E-state index contributed by atoms with van der Waals surface area (Å²) in [5.74, 6) is 1.40. The van der Waals surface area contributed by atoms with E-state index >= 15 is 0 Å². The van der Waals surface area contributed by atoms with Crippen LogP contribution in [-0.2, 0) is 28.9 Å². The lowest BCUT2D eigenvalue weighted by molar-refractivity contribution is 0.108. The molecule has 0 amide bonds. The van der Waals surface area contributed by atoms with Crippen LogP contribution in [0.3, 0.4) is 0 Å². The third kappa shape index (κ3) is 2.44. The van der Waals surface area contributed by atoms with Crippen molar-refractivity contribution in [3.8, 4) is 0 Å². The highest BCUT2D eigenvalue weighted by Gasteiger charge is 2.21. The van der Waals surface area contributed by atoms with Crippen LogP contribution in [0.2, 0.25) is 5.15 Å². The SMILES string of the molecule is Clc1nc(CC2CCOC2)nc2c1COCC2. The summed E-state index contributed by atoms with van der Waals surface area (Å²) in [7, 11) is 0. The minimum atomic E-state index is 0.543. The second-order valence-electron chi connectivity index (χ2n) is 4.59. The number of halogens is 1. The summed E-state index contributed by atoms with van der Waals surface area (Å²) >= 11 is 6.17. The van der Waals surface area contributed by atoms with Crippen LogP contribution in [0.1, 0.15) is 23.5 Å². The van der Waals surface area contributed by atoms with Gasteiger partial charge < -0.3 is 9.47 Å². The first-order valence-electron chi connectivity index (χ1n) is 6.02. The molecule has 3 rings (SSSR count). The van der Waals surface area contributed by atoms with Gasteiger partial charge >= 0.3 is 0 Å². The summed E-state index contributed by atoms with van der Waals surface area (Å²) in [4.78, 5) is 8.98. The van der Waals surface area contributed by atoms with Crippen LogP contribution in [0.25, 0.3) is 0 Å². The highest BCUT2D eigenvalue weighted by atomic mass is 35.5. The molecule has 17 heavy (non-hydrogen) atoms. The van der Waals surface area contributed by atoms with Crippen molar-refractivity contribution in [2.45, 2.75) is 25.9 Å². The Kier molecular flexibility index (Phi) is 3.27. The van der Waals surface area contributed by atoms with E-state index in [9.17, 15) is 0 Å². The summed E-state index contributed by atoms with van der Waals surface area (Å²) in [6, 6.07) is 0. The van der Waals surface area contributed by atoms with Gasteiger partial charge in [0.1, 0.15) is 11.0 Å². The molecule has 2 aliphatic heterocycles. The first-order valence-corrected chi connectivity index (χ1v) is 6.40. The fourth-order valence-electron chi connectivity index (χ4n) is 2.33. The van der Waals surface area contributed by atoms with Gasteiger partial charge in [-0.2, -0.15) is 0 Å². The van der Waals surface area contributed by atoms with E-state index in [-0.39, 0.29) is 0 Å². The molecule has 1 aromatic rings. The van der Waals surface area contributed by atoms with Gasteiger partial charge in [0.2, 0.25) is 0 Å². The number of fused-ring (bicyclic) bond motifs is 1. The third-order valence-corrected chi connectivity index (χ3v) is 3.63. The van der Waals surface area contributed by atoms with E-state index in [1.807, 2.05) is 0 Å². The maximum atomic E-state index is 6.17. The largest absolute Gasteiger partial charge is 0.381 e. The van der Waals surface area contributed by atoms with Crippen LogP contribution in [0, 0.1) is 5.92 Å². The fourth-order valence-corrected chi connectivity index (χ4v) is 2.60. The number of hydrogen-bond acceptors (Lipinski definition) is 4. The molecule has 2 aliphatic rings. The standard InChI is InChI=1S/C12H15ClN2O2/c13-12-9-7-17-4-2-10(9)14-11(15-12)5-8-1-3-16-6-8/h8H,1-7H2. The minimum Gasteiger partial charge on any atom is -0.381 e. The average Bonchev–Trinajstić information content (AvgIpc) is 2.82. The molecule has 4 nitrogen and oxygen atoms in total. The number of hydrogen-bond donors (Lipinski definition) is 0. The Labute approximate surface area is 105 Å². The summed E-state index contributed by atoms with van der Waals surface area (Å²) < 4.78 is 10.7. The summed E-state index contributed by atoms with van der Waals surface area (Å²) in [5, 5.41) is 0.559. The third-order valence-electron chi connectivity index (χ3n) is 3.31. The van der Waals surface area contributed by atoms with Crippen molar-refractivity contribution in [1.29, 1.82) is 0 Å². The van der Waals surface area contributed by atoms with E-state index in [4.69, 9.17) is 21.1 Å². The molecule has 1 saturated heterocycles. The zero-order chi connectivity index (χ0) is 11.7. The Morgan fingerprint density at radius 1 is 1.24 bits per heavy atom. The molecule has 5 heteroatoms. The Balaban J connectivity index is 1.82. The molecule has 1 unspecified atom stereocenters. The molecule has 0 aromatic carbocycles. The summed E-state index contributed by atoms with van der Waals surface area (Å²) in [6.07, 6.45) is 2.81. The zero-order valence-electron chi connectivity index (χ0n) is 9.62. The van der Waals surface area contributed by atoms with E-state index in [1.165, 1.54) is 0 Å². The summed E-state index contributed by atoms with van der Waals surface area (Å²) in [6.45, 7) is 2.95. The number of aromatic nitrogens is 2. The lowest BCUT2D eigenvalue weighted by Gasteiger charge is -2.17. The Morgan fingerprint density at radius 3 is 3.00 bits per heavy atom. The van der Waals surface area contributed by atoms with Crippen molar-refractivity contribution in [3.63, 3.8) is 0 Å². The smallest absolute Gasteiger partial charge is 0.138 e. The number of nitrogens with zero attached hydrogens (tertiary/aromatic N) is 2. The van der Waals surface area contributed by atoms with Gasteiger partial charge in [-0.15, -0.1) is 0 Å². The molecule has 0 N–H and O–H groups in total. The predicted molar refractivity (Wildman–Crippen MR) is 63.0 cm³/mol. The van der Waals surface area contributed by atoms with E-state index in [2.05, 4.69) is 9.97 Å². The van der Waals surface area contributed by atoms with Gasteiger partial charge in [0.05, 0.1) is 18.9 Å². The molecule has 1 atom stereocenters. The van der Waals surface area contributed by atoms with Gasteiger partial charge in [-0.3, -0.25) is 0 Å². The van der Waals surface area contributed by atoms with Crippen LogP contribution in [0.5, 0.6) is 0 Å². The van der Waals surface area contributed by atoms with Crippen molar-refractivity contribution in [2.75, 3.05) is 19.8 Å². The molecule has 0 bridgehead atoms. The predicted octanol–water partition coefficient (Wildman–Crippen LogP) is 1.78. The van der Waals surface area contributed by atoms with E-state index in [0.29, 0.717) is 17.7 Å². The molecule has 1 aromatic heterocycles. The van der Waals surface area contributed by atoms with Gasteiger partial charge in [0, 0.05) is 31.6 Å². The normalized spacial score (nSPS) is 23.7. The van der Waals surface area contributed by atoms with Gasteiger partial charge in [-0.25, -0.2) is 9.97 Å². The molecule has 0 saturated carbocycles. The van der Waals surface area contributed by atoms with Crippen molar-refractivity contribution in [3.05, 3.63) is 22.2 Å². The van der Waals surface area contributed by atoms with Crippen LogP contribution in [0.4, 0.5) is 0 Å². The average molecular weight is 255 g/mol. The fraction of sp³-hybridized carbons (Fsp3) is 0.667. The molecule has 1 fully saturated rings. The van der Waals surface area contributed by atoms with Crippen LogP contribution in [-0.4, -0.2) is 29.8 Å². The maximum Gasteiger partial charge on any atom is 0.138 e. The molecule has 0 spiro atoms. The highest BCUT2D eigenvalue weighted by molar-refractivity contribution is 6.30. The lowest BCUT2D eigenvalue weighted by atomic mass is 10.0. The Morgan fingerprint density at radius 2 is 2.18 bits per heavy atom. The first-order chi connectivity index (χ1) is 8.33. The van der Waals surface area contributed by atoms with E-state index in [1.54, 1.807) is 0 Å². The molecular formula is C12H15ClN2O2. The summed E-state index contributed by atoms with van der Waals surface area (Å²) in [5.41, 5.74) is 2.02. The second-order valence-corrected chi connectivity index (χ2v) is 4.95. The molecule has 0 aliphatic carbocycles. The van der Waals surface area contributed by atoms with Crippen molar-refractivity contribution < 1.29 is 9.47 Å². The minimum absolute atomic E-state index is 0.543. The second kappa shape index (κ2) is 4.88. The van der Waals surface area contributed by atoms with Gasteiger partial charge in [-0.1, -0.05) is 11.6 Å². The van der Waals surface area contributed by atoms with Crippen LogP contribution in [0.15, 0.2) is 0 Å². The number of ether oxygens (including phenoxy) is 2. The maximum absolute atomic E-state index is 6.17. The Bertz CT molecular complexity index is 419. The van der Waals surface area contributed by atoms with Crippen molar-refractivity contribution in [1.82, 2.24) is 9.97 Å². The molecule has 0 radical (unpaired) electrons. The van der Waals surface area contributed by atoms with Gasteiger partial charge in [-0.05, 0) is 12.3 Å². The first kappa shape index (κ1) is 11.4. The lowest BCUT2D eigenvalue weighted by Crippen LogP contribution is -2.16. The van der Waals surface area contributed by atoms with E-state index in [0.717, 1.165) is 56.2 Å². The quantitative estimate of drug-likeness (QED) is 0.755. The monoisotopic (exact) mass is 254 g/mol. The Hall–Kier alpha value is -0.710. The highest BCUT2D eigenvalue weighted by Crippen LogP contribution is 2.24. The van der Waals surface area contributed by atoms with Crippen molar-refractivity contribution >= 4 is 11.6 Å². The number of rotatable bonds is 2. The molecule has 3 heterocycles. The van der Waals surface area contributed by atoms with Gasteiger partial charge in [0.15, 0.2) is 0 Å². The van der Waals surface area contributed by atoms with Crippen LogP contribution >= 0.6 is 11.6 Å². The van der Waals surface area contributed by atoms with Crippen LogP contribution < -0.4 is 0 Å². The van der Waals surface area contributed by atoms with Crippen molar-refractivity contribution in [2.24, 2.45) is 5.92 Å².